The number of benzene rings is 1. The monoisotopic (exact) mass is 276 g/mol. The van der Waals surface area contributed by atoms with Gasteiger partial charge < -0.3 is 16.2 Å². The zero-order valence-corrected chi connectivity index (χ0v) is 11.3. The fourth-order valence-electron chi connectivity index (χ4n) is 1.76. The predicted octanol–water partition coefficient (Wildman–Crippen LogP) is 1.64. The average Bonchev–Trinajstić information content (AvgIpc) is 2.46. The van der Waals surface area contributed by atoms with E-state index < -0.39 is 12.0 Å². The van der Waals surface area contributed by atoms with Crippen molar-refractivity contribution in [1.29, 1.82) is 0 Å². The van der Waals surface area contributed by atoms with E-state index in [9.17, 15) is 9.59 Å². The van der Waals surface area contributed by atoms with E-state index in [0.29, 0.717) is 24.9 Å². The van der Waals surface area contributed by atoms with Crippen LogP contribution in [-0.2, 0) is 4.79 Å². The largest absolute Gasteiger partial charge is 0.480 e. The summed E-state index contributed by atoms with van der Waals surface area (Å²) in [6, 6.07) is 5.92. The number of hydrogen-bond donors (Lipinski definition) is 3. The van der Waals surface area contributed by atoms with E-state index in [0.717, 1.165) is 12.0 Å². The molecule has 0 aliphatic rings. The van der Waals surface area contributed by atoms with Gasteiger partial charge in [0.1, 0.15) is 6.04 Å². The summed E-state index contributed by atoms with van der Waals surface area (Å²) >= 11 is 0. The lowest BCUT2D eigenvalue weighted by molar-refractivity contribution is -0.139. The Morgan fingerprint density at radius 2 is 1.95 bits per heavy atom. The highest BCUT2D eigenvalue weighted by Gasteiger charge is 2.19. The third-order valence-electron chi connectivity index (χ3n) is 2.96. The predicted molar refractivity (Wildman–Crippen MR) is 78.3 cm³/mol. The van der Waals surface area contributed by atoms with Gasteiger partial charge in [0.15, 0.2) is 0 Å². The van der Waals surface area contributed by atoms with Crippen molar-refractivity contribution in [2.24, 2.45) is 5.73 Å². The molecule has 0 spiro atoms. The lowest BCUT2D eigenvalue weighted by Gasteiger charge is -2.14. The standard InChI is InChI=1S/C15H20N2O3/c1-2-11-6-8-12(9-7-11)14(18)17-13(15(19)20)5-3-4-10-16/h2,6-9,13H,1,3-5,10,16H2,(H,17,18)(H,19,20)/t13-/m0/s1. The van der Waals surface area contributed by atoms with E-state index >= 15 is 0 Å². The average molecular weight is 276 g/mol. The molecular formula is C15H20N2O3. The summed E-state index contributed by atoms with van der Waals surface area (Å²) in [5.74, 6) is -1.42. The smallest absolute Gasteiger partial charge is 0.326 e. The molecule has 0 aliphatic carbocycles. The number of nitrogens with one attached hydrogen (secondary N) is 1. The van der Waals surface area contributed by atoms with Gasteiger partial charge in [0.2, 0.25) is 0 Å². The minimum Gasteiger partial charge on any atom is -0.480 e. The highest BCUT2D eigenvalue weighted by molar-refractivity contribution is 5.96. The van der Waals surface area contributed by atoms with E-state index in [1.807, 2.05) is 0 Å². The van der Waals surface area contributed by atoms with E-state index in [1.54, 1.807) is 30.3 Å². The topological polar surface area (TPSA) is 92.4 Å². The van der Waals surface area contributed by atoms with Crippen molar-refractivity contribution in [3.8, 4) is 0 Å². The molecule has 1 amide bonds. The lowest BCUT2D eigenvalue weighted by Crippen LogP contribution is -2.40. The highest BCUT2D eigenvalue weighted by Crippen LogP contribution is 2.07. The molecule has 0 saturated heterocycles. The molecule has 1 aromatic rings. The van der Waals surface area contributed by atoms with E-state index in [1.165, 1.54) is 0 Å². The van der Waals surface area contributed by atoms with Crippen LogP contribution >= 0.6 is 0 Å². The van der Waals surface area contributed by atoms with Crippen LogP contribution in [0.25, 0.3) is 6.08 Å². The first-order valence-electron chi connectivity index (χ1n) is 6.54. The lowest BCUT2D eigenvalue weighted by atomic mass is 10.1. The molecule has 0 aromatic heterocycles. The van der Waals surface area contributed by atoms with Crippen LogP contribution in [0.2, 0.25) is 0 Å². The number of carboxylic acids is 1. The van der Waals surface area contributed by atoms with Crippen molar-refractivity contribution in [3.05, 3.63) is 42.0 Å². The van der Waals surface area contributed by atoms with Gasteiger partial charge in [-0.25, -0.2) is 4.79 Å². The van der Waals surface area contributed by atoms with Crippen molar-refractivity contribution in [2.45, 2.75) is 25.3 Å². The normalized spacial score (nSPS) is 11.7. The number of hydrogen-bond acceptors (Lipinski definition) is 3. The van der Waals surface area contributed by atoms with Gasteiger partial charge in [0, 0.05) is 5.56 Å². The molecule has 4 N–H and O–H groups in total. The van der Waals surface area contributed by atoms with Crippen LogP contribution < -0.4 is 11.1 Å². The number of carbonyl (C=O) groups excluding carboxylic acids is 1. The molecule has 5 nitrogen and oxygen atoms in total. The number of unbranched alkanes of at least 4 members (excludes halogenated alkanes) is 1. The summed E-state index contributed by atoms with van der Waals surface area (Å²) in [7, 11) is 0. The van der Waals surface area contributed by atoms with Crippen LogP contribution in [0, 0.1) is 0 Å². The van der Waals surface area contributed by atoms with E-state index in [2.05, 4.69) is 11.9 Å². The quantitative estimate of drug-likeness (QED) is 0.629. The number of rotatable bonds is 8. The van der Waals surface area contributed by atoms with Gasteiger partial charge in [-0.2, -0.15) is 0 Å². The Labute approximate surface area is 118 Å². The molecule has 0 aliphatic heterocycles. The fraction of sp³-hybridized carbons (Fsp3) is 0.333. The summed E-state index contributed by atoms with van der Waals surface area (Å²) in [5, 5.41) is 11.6. The van der Waals surface area contributed by atoms with Gasteiger partial charge in [-0.1, -0.05) is 24.8 Å². The number of nitrogens with two attached hydrogens (primary N) is 1. The van der Waals surface area contributed by atoms with Gasteiger partial charge in [0.05, 0.1) is 0 Å². The number of carboxylic acid groups (broad SMARTS) is 1. The van der Waals surface area contributed by atoms with Crippen molar-refractivity contribution in [2.75, 3.05) is 6.54 Å². The Kier molecular flexibility index (Phi) is 6.46. The summed E-state index contributed by atoms with van der Waals surface area (Å²) in [5.41, 5.74) is 6.70. The Hall–Kier alpha value is -2.14. The Balaban J connectivity index is 2.64. The molecule has 0 bridgehead atoms. The molecule has 0 saturated carbocycles. The van der Waals surface area contributed by atoms with Crippen LogP contribution in [0.1, 0.15) is 35.2 Å². The van der Waals surface area contributed by atoms with Crippen molar-refractivity contribution in [3.63, 3.8) is 0 Å². The molecule has 0 unspecified atom stereocenters. The molecule has 0 radical (unpaired) electrons. The minimum atomic E-state index is -1.03. The maximum atomic E-state index is 12.0. The second-order valence-corrected chi connectivity index (χ2v) is 4.47. The number of aliphatic carboxylic acids is 1. The first kappa shape index (κ1) is 15.9. The second-order valence-electron chi connectivity index (χ2n) is 4.47. The third-order valence-corrected chi connectivity index (χ3v) is 2.96. The molecular weight excluding hydrogens is 256 g/mol. The Morgan fingerprint density at radius 3 is 2.45 bits per heavy atom. The third kappa shape index (κ3) is 4.85. The Bertz CT molecular complexity index is 469. The molecule has 0 fully saturated rings. The Morgan fingerprint density at radius 1 is 1.30 bits per heavy atom. The first-order chi connectivity index (χ1) is 9.58. The summed E-state index contributed by atoms with van der Waals surface area (Å²) in [6.45, 7) is 4.15. The number of amides is 1. The first-order valence-corrected chi connectivity index (χ1v) is 6.54. The van der Waals surface area contributed by atoms with Crippen LogP contribution in [0.3, 0.4) is 0 Å². The molecule has 20 heavy (non-hydrogen) atoms. The van der Waals surface area contributed by atoms with Gasteiger partial charge >= 0.3 is 5.97 Å². The van der Waals surface area contributed by atoms with Crippen LogP contribution in [0.4, 0.5) is 0 Å². The van der Waals surface area contributed by atoms with Crippen molar-refractivity contribution >= 4 is 18.0 Å². The van der Waals surface area contributed by atoms with Gasteiger partial charge in [-0.05, 0) is 43.5 Å². The maximum absolute atomic E-state index is 12.0. The molecule has 108 valence electrons. The number of carbonyl (C=O) groups is 2. The maximum Gasteiger partial charge on any atom is 0.326 e. The second kappa shape index (κ2) is 8.12. The van der Waals surface area contributed by atoms with E-state index in [4.69, 9.17) is 10.8 Å². The zero-order valence-electron chi connectivity index (χ0n) is 11.3. The zero-order chi connectivity index (χ0) is 15.0. The van der Waals surface area contributed by atoms with Crippen LogP contribution in [-0.4, -0.2) is 29.6 Å². The van der Waals surface area contributed by atoms with Crippen LogP contribution in [0.15, 0.2) is 30.8 Å². The summed E-state index contributed by atoms with van der Waals surface area (Å²) in [6.07, 6.45) is 3.47. The molecule has 5 heteroatoms. The van der Waals surface area contributed by atoms with Gasteiger partial charge in [0.25, 0.3) is 5.91 Å². The summed E-state index contributed by atoms with van der Waals surface area (Å²) in [4.78, 5) is 23.1. The van der Waals surface area contributed by atoms with Gasteiger partial charge in [-0.3, -0.25) is 4.79 Å². The summed E-state index contributed by atoms with van der Waals surface area (Å²) < 4.78 is 0. The SMILES string of the molecule is C=Cc1ccc(C(=O)N[C@@H](CCCCN)C(=O)O)cc1. The van der Waals surface area contributed by atoms with Crippen LogP contribution in [0.5, 0.6) is 0 Å². The van der Waals surface area contributed by atoms with Crippen molar-refractivity contribution in [1.82, 2.24) is 5.32 Å². The fourth-order valence-corrected chi connectivity index (χ4v) is 1.76. The highest BCUT2D eigenvalue weighted by atomic mass is 16.4. The van der Waals surface area contributed by atoms with Crippen molar-refractivity contribution < 1.29 is 14.7 Å². The van der Waals surface area contributed by atoms with E-state index in [-0.39, 0.29) is 5.91 Å². The minimum absolute atomic E-state index is 0.378. The molecule has 1 atom stereocenters. The molecule has 1 rings (SSSR count). The molecule has 1 aromatic carbocycles. The molecule has 0 heterocycles. The van der Waals surface area contributed by atoms with Gasteiger partial charge in [-0.15, -0.1) is 0 Å².